The number of hydrogen-bond donors (Lipinski definition) is 0. The van der Waals surface area contributed by atoms with E-state index in [4.69, 9.17) is 23.2 Å². The van der Waals surface area contributed by atoms with Crippen LogP contribution in [0.1, 0.15) is 12.5 Å². The van der Waals surface area contributed by atoms with Gasteiger partial charge in [0.25, 0.3) is 0 Å². The summed E-state index contributed by atoms with van der Waals surface area (Å²) >= 11 is 11.8. The summed E-state index contributed by atoms with van der Waals surface area (Å²) in [6.07, 6.45) is 0. The molecule has 0 radical (unpaired) electrons. The fourth-order valence-electron chi connectivity index (χ4n) is 2.30. The second kappa shape index (κ2) is 8.01. The van der Waals surface area contributed by atoms with Crippen molar-refractivity contribution in [2.24, 2.45) is 0 Å². The third-order valence-electron chi connectivity index (χ3n) is 3.42. The van der Waals surface area contributed by atoms with Gasteiger partial charge in [-0.2, -0.15) is 0 Å². The Kier molecular flexibility index (Phi) is 6.27. The Morgan fingerprint density at radius 1 is 1.08 bits per heavy atom. The number of carbonyl (C=O) groups is 1. The molecule has 0 aliphatic heterocycles. The molecule has 24 heavy (non-hydrogen) atoms. The number of amides is 1. The number of hydrogen-bond acceptors (Lipinski definition) is 3. The molecule has 0 saturated carbocycles. The number of benzene rings is 2. The quantitative estimate of drug-likeness (QED) is 0.755. The van der Waals surface area contributed by atoms with Crippen LogP contribution < -0.4 is 4.90 Å². The van der Waals surface area contributed by atoms with Gasteiger partial charge in [-0.05, 0) is 36.8 Å². The fraction of sp³-hybridized carbons (Fsp3) is 0.235. The lowest BCUT2D eigenvalue weighted by Crippen LogP contribution is -2.36. The van der Waals surface area contributed by atoms with E-state index in [-0.39, 0.29) is 10.8 Å². The number of carbonyl (C=O) groups excluding carboxylic acids is 1. The van der Waals surface area contributed by atoms with Gasteiger partial charge in [-0.15, -0.1) is 0 Å². The lowest BCUT2D eigenvalue weighted by Gasteiger charge is -2.21. The van der Waals surface area contributed by atoms with Gasteiger partial charge in [-0.3, -0.25) is 4.79 Å². The summed E-state index contributed by atoms with van der Waals surface area (Å²) in [7, 11) is -3.65. The average molecular weight is 386 g/mol. The minimum absolute atomic E-state index is 0.272. The molecule has 4 nitrogen and oxygen atoms in total. The molecule has 0 atom stereocenters. The molecule has 0 aliphatic carbocycles. The summed E-state index contributed by atoms with van der Waals surface area (Å²) < 4.78 is 24.7. The lowest BCUT2D eigenvalue weighted by atomic mass is 10.2. The van der Waals surface area contributed by atoms with Gasteiger partial charge in [0, 0.05) is 22.3 Å². The van der Waals surface area contributed by atoms with Crippen LogP contribution in [0.3, 0.4) is 0 Å². The van der Waals surface area contributed by atoms with E-state index in [1.165, 1.54) is 11.0 Å². The molecule has 2 aromatic rings. The molecular formula is C17H17Cl2NO3S. The smallest absolute Gasteiger partial charge is 0.242 e. The van der Waals surface area contributed by atoms with Gasteiger partial charge in [-0.1, -0.05) is 47.5 Å². The zero-order valence-corrected chi connectivity index (χ0v) is 15.4. The Bertz CT molecular complexity index is 823. The van der Waals surface area contributed by atoms with Gasteiger partial charge in [0.2, 0.25) is 5.91 Å². The Balaban J connectivity index is 2.14. The molecule has 0 heterocycles. The third-order valence-corrected chi connectivity index (χ3v) is 5.44. The molecule has 0 fully saturated rings. The molecule has 2 rings (SSSR count). The number of anilines is 1. The normalized spacial score (nSPS) is 11.3. The molecule has 7 heteroatoms. The number of sulfone groups is 1. The molecule has 0 bridgehead atoms. The van der Waals surface area contributed by atoms with Crippen molar-refractivity contribution in [2.45, 2.75) is 12.7 Å². The Morgan fingerprint density at radius 3 is 2.33 bits per heavy atom. The molecular weight excluding hydrogens is 369 g/mol. The van der Waals surface area contributed by atoms with E-state index in [1.807, 2.05) is 6.07 Å². The van der Waals surface area contributed by atoms with Crippen molar-refractivity contribution >= 4 is 44.6 Å². The van der Waals surface area contributed by atoms with Crippen LogP contribution in [0.25, 0.3) is 0 Å². The first kappa shape index (κ1) is 18.8. The van der Waals surface area contributed by atoms with Gasteiger partial charge in [0.1, 0.15) is 5.75 Å². The zero-order valence-electron chi connectivity index (χ0n) is 13.1. The van der Waals surface area contributed by atoms with Crippen LogP contribution in [0.5, 0.6) is 0 Å². The van der Waals surface area contributed by atoms with Crippen LogP contribution in [0, 0.1) is 0 Å². The summed E-state index contributed by atoms with van der Waals surface area (Å²) in [5.74, 6) is -1.34. The second-order valence-electron chi connectivity index (χ2n) is 5.24. The van der Waals surface area contributed by atoms with E-state index in [0.29, 0.717) is 22.8 Å². The van der Waals surface area contributed by atoms with Gasteiger partial charge < -0.3 is 4.90 Å². The van der Waals surface area contributed by atoms with Crippen molar-refractivity contribution in [3.63, 3.8) is 0 Å². The summed E-state index contributed by atoms with van der Waals surface area (Å²) in [6, 6.07) is 13.6. The van der Waals surface area contributed by atoms with Crippen LogP contribution in [-0.4, -0.2) is 26.6 Å². The first-order chi connectivity index (χ1) is 11.3. The molecule has 0 aliphatic rings. The van der Waals surface area contributed by atoms with Crippen molar-refractivity contribution in [1.29, 1.82) is 0 Å². The molecule has 0 saturated heterocycles. The van der Waals surface area contributed by atoms with Crippen molar-refractivity contribution in [3.8, 4) is 0 Å². The number of halogens is 2. The first-order valence-electron chi connectivity index (χ1n) is 7.32. The molecule has 2 aromatic carbocycles. The predicted molar refractivity (Wildman–Crippen MR) is 98.4 cm³/mol. The first-order valence-corrected chi connectivity index (χ1v) is 9.90. The van der Waals surface area contributed by atoms with E-state index in [1.54, 1.807) is 43.3 Å². The van der Waals surface area contributed by atoms with Crippen LogP contribution in [0.4, 0.5) is 5.69 Å². The van der Waals surface area contributed by atoms with E-state index < -0.39 is 21.5 Å². The average Bonchev–Trinajstić information content (AvgIpc) is 2.51. The van der Waals surface area contributed by atoms with Crippen LogP contribution in [0.15, 0.2) is 48.5 Å². The molecule has 1 amide bonds. The van der Waals surface area contributed by atoms with E-state index in [2.05, 4.69) is 0 Å². The minimum Gasteiger partial charge on any atom is -0.312 e. The van der Waals surface area contributed by atoms with E-state index >= 15 is 0 Å². The number of para-hydroxylation sites is 1. The topological polar surface area (TPSA) is 54.5 Å². The Hall–Kier alpha value is -1.56. The van der Waals surface area contributed by atoms with E-state index in [0.717, 1.165) is 0 Å². The minimum atomic E-state index is -3.65. The summed E-state index contributed by atoms with van der Waals surface area (Å²) in [6.45, 7) is 2.19. The highest BCUT2D eigenvalue weighted by Crippen LogP contribution is 2.23. The van der Waals surface area contributed by atoms with Gasteiger partial charge >= 0.3 is 0 Å². The molecule has 0 N–H and O–H groups in total. The fourth-order valence-corrected chi connectivity index (χ4v) is 4.22. The molecule has 0 unspecified atom stereocenters. The molecule has 0 spiro atoms. The SMILES string of the molecule is CCN(C(=O)CS(=O)(=O)Cc1ccc(Cl)cc1Cl)c1ccccc1. The summed E-state index contributed by atoms with van der Waals surface area (Å²) in [5, 5.41) is 0.701. The van der Waals surface area contributed by atoms with Crippen LogP contribution in [-0.2, 0) is 20.4 Å². The Labute approximate surface area is 151 Å². The molecule has 128 valence electrons. The number of rotatable bonds is 6. The van der Waals surface area contributed by atoms with E-state index in [9.17, 15) is 13.2 Å². The van der Waals surface area contributed by atoms with Crippen LogP contribution >= 0.6 is 23.2 Å². The van der Waals surface area contributed by atoms with Crippen molar-refractivity contribution in [1.82, 2.24) is 0 Å². The summed E-state index contributed by atoms with van der Waals surface area (Å²) in [5.41, 5.74) is 1.10. The monoisotopic (exact) mass is 385 g/mol. The highest BCUT2D eigenvalue weighted by Gasteiger charge is 2.23. The van der Waals surface area contributed by atoms with Crippen LogP contribution in [0.2, 0.25) is 10.0 Å². The largest absolute Gasteiger partial charge is 0.312 e. The maximum Gasteiger partial charge on any atom is 0.242 e. The Morgan fingerprint density at radius 2 is 1.75 bits per heavy atom. The maximum atomic E-state index is 12.4. The number of nitrogens with zero attached hydrogens (tertiary/aromatic N) is 1. The van der Waals surface area contributed by atoms with Crippen molar-refractivity contribution in [2.75, 3.05) is 17.2 Å². The maximum absolute atomic E-state index is 12.4. The highest BCUT2D eigenvalue weighted by atomic mass is 35.5. The zero-order chi connectivity index (χ0) is 17.7. The van der Waals surface area contributed by atoms with Gasteiger partial charge in [-0.25, -0.2) is 8.42 Å². The van der Waals surface area contributed by atoms with Crippen molar-refractivity contribution in [3.05, 3.63) is 64.1 Å². The standard InChI is InChI=1S/C17H17Cl2NO3S/c1-2-20(15-6-4-3-5-7-15)17(21)12-24(22,23)11-13-8-9-14(18)10-16(13)19/h3-10H,2,11-12H2,1H3. The van der Waals surface area contributed by atoms with Crippen molar-refractivity contribution < 1.29 is 13.2 Å². The lowest BCUT2D eigenvalue weighted by molar-refractivity contribution is -0.116. The molecule has 0 aromatic heterocycles. The van der Waals surface area contributed by atoms with Gasteiger partial charge in [0.15, 0.2) is 9.84 Å². The highest BCUT2D eigenvalue weighted by molar-refractivity contribution is 7.91. The third kappa shape index (κ3) is 4.97. The van der Waals surface area contributed by atoms with Gasteiger partial charge in [0.05, 0.1) is 5.75 Å². The second-order valence-corrected chi connectivity index (χ2v) is 8.15. The summed E-state index contributed by atoms with van der Waals surface area (Å²) in [4.78, 5) is 13.9. The predicted octanol–water partition coefficient (Wildman–Crippen LogP) is 3.96.